The lowest BCUT2D eigenvalue weighted by molar-refractivity contribution is -0.121. The molecule has 3 aromatic rings. The summed E-state index contributed by atoms with van der Waals surface area (Å²) in [7, 11) is 1.60. The number of methoxy groups -OCH3 is 1. The summed E-state index contributed by atoms with van der Waals surface area (Å²) >= 11 is 0. The first-order chi connectivity index (χ1) is 14.0. The molecule has 29 heavy (non-hydrogen) atoms. The number of anilines is 1. The van der Waals surface area contributed by atoms with Crippen LogP contribution >= 0.6 is 0 Å². The summed E-state index contributed by atoms with van der Waals surface area (Å²) < 4.78 is 34.1. The number of nitrogens with one attached hydrogen (secondary N) is 1. The van der Waals surface area contributed by atoms with Crippen molar-refractivity contribution < 1.29 is 18.3 Å². The van der Waals surface area contributed by atoms with Crippen molar-refractivity contribution in [2.75, 3.05) is 25.1 Å². The Labute approximate surface area is 166 Å². The maximum atomic E-state index is 14.0. The first-order valence-electron chi connectivity index (χ1n) is 9.52. The van der Waals surface area contributed by atoms with Gasteiger partial charge in [0.25, 0.3) is 0 Å². The molecule has 2 heterocycles. The van der Waals surface area contributed by atoms with Crippen LogP contribution in [-0.4, -0.2) is 41.7 Å². The highest BCUT2D eigenvalue weighted by atomic mass is 19.1. The Morgan fingerprint density at radius 1 is 1.21 bits per heavy atom. The second-order valence-electron chi connectivity index (χ2n) is 7.65. The van der Waals surface area contributed by atoms with Crippen LogP contribution in [0.1, 0.15) is 0 Å². The molecular weight excluding hydrogens is 378 g/mol. The Kier molecular flexibility index (Phi) is 4.15. The number of amides is 1. The first-order valence-corrected chi connectivity index (χ1v) is 9.52. The number of carbonyl (C=O) groups excluding carboxylic acids is 1. The van der Waals surface area contributed by atoms with Crippen molar-refractivity contribution in [3.63, 3.8) is 0 Å². The molecule has 2 unspecified atom stereocenters. The van der Waals surface area contributed by atoms with Crippen molar-refractivity contribution in [1.29, 1.82) is 0 Å². The predicted molar refractivity (Wildman–Crippen MR) is 104 cm³/mol. The van der Waals surface area contributed by atoms with Gasteiger partial charge in [-0.1, -0.05) is 0 Å². The number of ether oxygens (including phenoxy) is 1. The number of piperidine rings is 1. The fourth-order valence-corrected chi connectivity index (χ4v) is 4.35. The Balaban J connectivity index is 1.20. The second-order valence-corrected chi connectivity index (χ2v) is 7.65. The molecule has 1 N–H and O–H groups in total. The number of hydrogen-bond donors (Lipinski definition) is 1. The summed E-state index contributed by atoms with van der Waals surface area (Å²) in [5, 5.41) is 3.08. The molecule has 1 aromatic heterocycles. The Morgan fingerprint density at radius 3 is 2.72 bits per heavy atom. The molecule has 2 aliphatic rings. The third kappa shape index (κ3) is 3.18. The molecule has 6 nitrogen and oxygen atoms in total. The van der Waals surface area contributed by atoms with Gasteiger partial charge in [0.2, 0.25) is 5.91 Å². The van der Waals surface area contributed by atoms with Gasteiger partial charge in [0.15, 0.2) is 0 Å². The second kappa shape index (κ2) is 6.72. The number of carbonyl (C=O) groups is 1. The SMILES string of the molecule is COc1ccc2ncn(CC(=O)NC3C4CN(c5ccc(F)cc5F)CC43)c2c1. The summed E-state index contributed by atoms with van der Waals surface area (Å²) in [6.07, 6.45) is 1.65. The van der Waals surface area contributed by atoms with E-state index in [1.165, 1.54) is 12.1 Å². The lowest BCUT2D eigenvalue weighted by atomic mass is 10.2. The van der Waals surface area contributed by atoms with Crippen molar-refractivity contribution in [3.05, 3.63) is 54.4 Å². The normalized spacial score (nSPS) is 22.6. The van der Waals surface area contributed by atoms with E-state index >= 15 is 0 Å². The number of benzene rings is 2. The zero-order valence-corrected chi connectivity index (χ0v) is 15.8. The quantitative estimate of drug-likeness (QED) is 0.718. The van der Waals surface area contributed by atoms with Crippen molar-refractivity contribution in [3.8, 4) is 5.75 Å². The van der Waals surface area contributed by atoms with Crippen LogP contribution in [0.4, 0.5) is 14.5 Å². The van der Waals surface area contributed by atoms with Gasteiger partial charge in [0.1, 0.15) is 23.9 Å². The van der Waals surface area contributed by atoms with E-state index in [4.69, 9.17) is 4.74 Å². The molecule has 2 aromatic carbocycles. The van der Waals surface area contributed by atoms with Gasteiger partial charge in [-0.3, -0.25) is 4.79 Å². The fraction of sp³-hybridized carbons (Fsp3) is 0.333. The maximum absolute atomic E-state index is 14.0. The molecule has 1 amide bonds. The van der Waals surface area contributed by atoms with Crippen LogP contribution in [-0.2, 0) is 11.3 Å². The van der Waals surface area contributed by atoms with Crippen LogP contribution in [0.2, 0.25) is 0 Å². The van der Waals surface area contributed by atoms with E-state index in [0.29, 0.717) is 36.4 Å². The minimum atomic E-state index is -0.578. The number of hydrogen-bond acceptors (Lipinski definition) is 4. The molecule has 1 aliphatic heterocycles. The molecule has 0 radical (unpaired) electrons. The van der Waals surface area contributed by atoms with E-state index in [-0.39, 0.29) is 18.5 Å². The van der Waals surface area contributed by atoms with Gasteiger partial charge in [-0.25, -0.2) is 13.8 Å². The highest BCUT2D eigenvalue weighted by Crippen LogP contribution is 2.47. The van der Waals surface area contributed by atoms with Crippen LogP contribution in [0.5, 0.6) is 5.75 Å². The minimum Gasteiger partial charge on any atom is -0.497 e. The van der Waals surface area contributed by atoms with Crippen LogP contribution in [0.15, 0.2) is 42.7 Å². The zero-order valence-electron chi connectivity index (χ0n) is 15.8. The topological polar surface area (TPSA) is 59.4 Å². The van der Waals surface area contributed by atoms with Crippen molar-refractivity contribution >= 4 is 22.6 Å². The van der Waals surface area contributed by atoms with Crippen LogP contribution in [0, 0.1) is 23.5 Å². The number of fused-ring (bicyclic) bond motifs is 2. The van der Waals surface area contributed by atoms with E-state index in [1.807, 2.05) is 23.1 Å². The van der Waals surface area contributed by atoms with Crippen LogP contribution in [0.3, 0.4) is 0 Å². The lowest BCUT2D eigenvalue weighted by Gasteiger charge is -2.23. The fourth-order valence-electron chi connectivity index (χ4n) is 4.35. The Morgan fingerprint density at radius 2 is 2.00 bits per heavy atom. The zero-order chi connectivity index (χ0) is 20.1. The number of nitrogens with zero attached hydrogens (tertiary/aromatic N) is 3. The van der Waals surface area contributed by atoms with Gasteiger partial charge in [0.05, 0.1) is 30.2 Å². The highest BCUT2D eigenvalue weighted by Gasteiger charge is 2.56. The van der Waals surface area contributed by atoms with E-state index in [2.05, 4.69) is 10.3 Å². The lowest BCUT2D eigenvalue weighted by Crippen LogP contribution is -2.36. The summed E-state index contributed by atoms with van der Waals surface area (Å²) in [5.41, 5.74) is 2.06. The molecule has 0 spiro atoms. The molecule has 1 saturated carbocycles. The van der Waals surface area contributed by atoms with Gasteiger partial charge >= 0.3 is 0 Å². The summed E-state index contributed by atoms with van der Waals surface area (Å²) in [4.78, 5) is 18.8. The highest BCUT2D eigenvalue weighted by molar-refractivity contribution is 5.81. The molecule has 1 aliphatic carbocycles. The third-order valence-electron chi connectivity index (χ3n) is 5.91. The molecule has 0 bridgehead atoms. The third-order valence-corrected chi connectivity index (χ3v) is 5.91. The van der Waals surface area contributed by atoms with Crippen molar-refractivity contribution in [1.82, 2.24) is 14.9 Å². The van der Waals surface area contributed by atoms with Gasteiger partial charge in [-0.2, -0.15) is 0 Å². The van der Waals surface area contributed by atoms with E-state index in [9.17, 15) is 13.6 Å². The molecule has 5 rings (SSSR count). The van der Waals surface area contributed by atoms with Crippen LogP contribution < -0.4 is 15.0 Å². The summed E-state index contributed by atoms with van der Waals surface area (Å²) in [5.74, 6) is 0.0984. The molecule has 2 atom stereocenters. The number of rotatable bonds is 5. The Hall–Kier alpha value is -3.16. The molecular formula is C21H20F2N4O2. The molecule has 8 heteroatoms. The average molecular weight is 398 g/mol. The smallest absolute Gasteiger partial charge is 0.240 e. The van der Waals surface area contributed by atoms with Gasteiger partial charge in [0, 0.05) is 43.1 Å². The van der Waals surface area contributed by atoms with E-state index < -0.39 is 11.6 Å². The monoisotopic (exact) mass is 398 g/mol. The predicted octanol–water partition coefficient (Wildman–Crippen LogP) is 2.57. The van der Waals surface area contributed by atoms with Gasteiger partial charge in [-0.15, -0.1) is 0 Å². The molecule has 150 valence electrons. The van der Waals surface area contributed by atoms with E-state index in [1.54, 1.807) is 18.0 Å². The number of imidazole rings is 1. The molecule has 1 saturated heterocycles. The largest absolute Gasteiger partial charge is 0.497 e. The standard InChI is InChI=1S/C21H20F2N4O2/c1-29-13-3-4-17-19(7-13)27(11-24-17)10-20(28)25-21-14-8-26(9-15(14)21)18-5-2-12(22)6-16(18)23/h2-7,11,14-15,21H,8-10H2,1H3,(H,25,28). The first kappa shape index (κ1) is 17.9. The van der Waals surface area contributed by atoms with Crippen LogP contribution in [0.25, 0.3) is 11.0 Å². The summed E-state index contributed by atoms with van der Waals surface area (Å²) in [6.45, 7) is 1.49. The van der Waals surface area contributed by atoms with E-state index in [0.717, 1.165) is 17.1 Å². The summed E-state index contributed by atoms with van der Waals surface area (Å²) in [6, 6.07) is 9.30. The van der Waals surface area contributed by atoms with Crippen molar-refractivity contribution in [2.24, 2.45) is 11.8 Å². The minimum absolute atomic E-state index is 0.0777. The van der Waals surface area contributed by atoms with Gasteiger partial charge < -0.3 is 19.5 Å². The average Bonchev–Trinajstić information content (AvgIpc) is 3.05. The van der Waals surface area contributed by atoms with Crippen molar-refractivity contribution in [2.45, 2.75) is 12.6 Å². The molecule has 2 fully saturated rings. The Bertz CT molecular complexity index is 1090. The maximum Gasteiger partial charge on any atom is 0.240 e. The van der Waals surface area contributed by atoms with Gasteiger partial charge in [-0.05, 0) is 24.3 Å². The number of halogens is 2. The number of aromatic nitrogens is 2.